The molecule has 2 heterocycles. The Bertz CT molecular complexity index is 1500. The summed E-state index contributed by atoms with van der Waals surface area (Å²) in [4.78, 5) is 31.8. The van der Waals surface area contributed by atoms with E-state index in [1.165, 1.54) is 11.3 Å². The number of hydrogen-bond acceptors (Lipinski definition) is 7. The summed E-state index contributed by atoms with van der Waals surface area (Å²) in [6.45, 7) is 5.77. The minimum absolute atomic E-state index is 0.224. The van der Waals surface area contributed by atoms with Gasteiger partial charge in [-0.05, 0) is 72.7 Å². The van der Waals surface area contributed by atoms with Crippen LogP contribution in [0.1, 0.15) is 36.6 Å². The van der Waals surface area contributed by atoms with Gasteiger partial charge in [-0.3, -0.25) is 9.36 Å². The molecule has 0 saturated carbocycles. The van der Waals surface area contributed by atoms with E-state index in [1.54, 1.807) is 32.6 Å². The molecule has 182 valence electrons. The van der Waals surface area contributed by atoms with Crippen LogP contribution < -0.4 is 24.4 Å². The number of methoxy groups -OCH3 is 2. The number of ether oxygens (including phenoxy) is 3. The first-order valence-electron chi connectivity index (χ1n) is 11.0. The summed E-state index contributed by atoms with van der Waals surface area (Å²) in [5.74, 6) is 0.750. The highest BCUT2D eigenvalue weighted by molar-refractivity contribution is 14.1. The molecule has 0 saturated heterocycles. The number of thiazole rings is 1. The lowest BCUT2D eigenvalue weighted by Gasteiger charge is -2.24. The SMILES string of the molecule is CCOC(=O)C1=C(C)N=c2s/c(=C\c3cc(I)c(OC)c(OC)c3)c(=O)n2[C@@H]1c1ccc(C)cc1. The van der Waals surface area contributed by atoms with Gasteiger partial charge >= 0.3 is 5.97 Å². The molecule has 0 amide bonds. The number of halogens is 1. The zero-order chi connectivity index (χ0) is 25.3. The average Bonchev–Trinajstić information content (AvgIpc) is 3.12. The zero-order valence-corrected chi connectivity index (χ0v) is 23.0. The molecule has 0 unspecified atom stereocenters. The number of rotatable bonds is 6. The molecule has 4 rings (SSSR count). The number of aromatic nitrogens is 1. The van der Waals surface area contributed by atoms with E-state index in [4.69, 9.17) is 14.2 Å². The van der Waals surface area contributed by atoms with Gasteiger partial charge in [0, 0.05) is 0 Å². The number of carbonyl (C=O) groups excluding carboxylic acids is 1. The van der Waals surface area contributed by atoms with Crippen molar-refractivity contribution in [2.75, 3.05) is 20.8 Å². The number of nitrogens with zero attached hydrogens (tertiary/aromatic N) is 2. The van der Waals surface area contributed by atoms with Gasteiger partial charge in [0.05, 0.1) is 46.2 Å². The Kier molecular flexibility index (Phi) is 7.46. The third-order valence-electron chi connectivity index (χ3n) is 5.66. The number of benzene rings is 2. The molecule has 1 aliphatic heterocycles. The highest BCUT2D eigenvalue weighted by Crippen LogP contribution is 2.34. The Morgan fingerprint density at radius 3 is 2.51 bits per heavy atom. The molecule has 35 heavy (non-hydrogen) atoms. The number of hydrogen-bond donors (Lipinski definition) is 0. The maximum Gasteiger partial charge on any atom is 0.338 e. The summed E-state index contributed by atoms with van der Waals surface area (Å²) >= 11 is 3.46. The second kappa shape index (κ2) is 10.4. The Hall–Kier alpha value is -2.92. The van der Waals surface area contributed by atoms with Crippen molar-refractivity contribution in [1.29, 1.82) is 0 Å². The van der Waals surface area contributed by atoms with Crippen LogP contribution in [0.5, 0.6) is 11.5 Å². The fourth-order valence-electron chi connectivity index (χ4n) is 4.03. The lowest BCUT2D eigenvalue weighted by atomic mass is 9.95. The maximum absolute atomic E-state index is 13.7. The van der Waals surface area contributed by atoms with E-state index in [0.29, 0.717) is 32.1 Å². The summed E-state index contributed by atoms with van der Waals surface area (Å²) in [5, 5.41) is 0. The van der Waals surface area contributed by atoms with Gasteiger partial charge in [0.15, 0.2) is 16.3 Å². The molecule has 0 radical (unpaired) electrons. The van der Waals surface area contributed by atoms with Crippen molar-refractivity contribution < 1.29 is 19.0 Å². The predicted molar refractivity (Wildman–Crippen MR) is 144 cm³/mol. The van der Waals surface area contributed by atoms with Crippen LogP contribution in [0.25, 0.3) is 6.08 Å². The number of fused-ring (bicyclic) bond motifs is 1. The Morgan fingerprint density at radius 2 is 1.89 bits per heavy atom. The molecule has 3 aromatic rings. The summed E-state index contributed by atoms with van der Waals surface area (Å²) in [7, 11) is 3.17. The molecular weight excluding hydrogens is 579 g/mol. The standard InChI is InChI=1S/C26H25IN2O5S/c1-6-34-25(31)21-15(3)28-26-29(22(21)17-9-7-14(2)8-10-17)24(30)20(35-26)13-16-11-18(27)23(33-5)19(12-16)32-4/h7-13,22H,6H2,1-5H3/b20-13-/t22-/m1/s1. The quantitative estimate of drug-likeness (QED) is 0.317. The highest BCUT2D eigenvalue weighted by atomic mass is 127. The second-order valence-corrected chi connectivity index (χ2v) is 10.1. The monoisotopic (exact) mass is 604 g/mol. The maximum atomic E-state index is 13.7. The average molecular weight is 604 g/mol. The van der Waals surface area contributed by atoms with Gasteiger partial charge in [0.25, 0.3) is 5.56 Å². The van der Waals surface area contributed by atoms with Crippen molar-refractivity contribution in [2.24, 2.45) is 4.99 Å². The van der Waals surface area contributed by atoms with E-state index in [2.05, 4.69) is 27.6 Å². The van der Waals surface area contributed by atoms with E-state index >= 15 is 0 Å². The molecule has 0 N–H and O–H groups in total. The van der Waals surface area contributed by atoms with Crippen LogP contribution in [-0.2, 0) is 9.53 Å². The normalized spacial score (nSPS) is 15.5. The second-order valence-electron chi connectivity index (χ2n) is 7.95. The van der Waals surface area contributed by atoms with E-state index < -0.39 is 12.0 Å². The van der Waals surface area contributed by atoms with Crippen LogP contribution in [0.2, 0.25) is 0 Å². The van der Waals surface area contributed by atoms with Crippen LogP contribution in [0.15, 0.2) is 57.5 Å². The first-order valence-corrected chi connectivity index (χ1v) is 12.9. The van der Waals surface area contributed by atoms with Gasteiger partial charge in [0.2, 0.25) is 0 Å². The molecule has 0 bridgehead atoms. The predicted octanol–water partition coefficient (Wildman–Crippen LogP) is 3.73. The van der Waals surface area contributed by atoms with Gasteiger partial charge in [-0.25, -0.2) is 9.79 Å². The van der Waals surface area contributed by atoms with Crippen molar-refractivity contribution in [1.82, 2.24) is 4.57 Å². The third-order valence-corrected chi connectivity index (χ3v) is 7.45. The van der Waals surface area contributed by atoms with Gasteiger partial charge in [0.1, 0.15) is 0 Å². The van der Waals surface area contributed by atoms with E-state index in [0.717, 1.165) is 20.3 Å². The minimum Gasteiger partial charge on any atom is -0.493 e. The molecule has 0 fully saturated rings. The van der Waals surface area contributed by atoms with Crippen LogP contribution in [0, 0.1) is 10.5 Å². The Morgan fingerprint density at radius 1 is 1.17 bits per heavy atom. The smallest absolute Gasteiger partial charge is 0.338 e. The topological polar surface area (TPSA) is 79.1 Å². The first kappa shape index (κ1) is 25.2. The lowest BCUT2D eigenvalue weighted by molar-refractivity contribution is -0.139. The van der Waals surface area contributed by atoms with Crippen LogP contribution in [0.3, 0.4) is 0 Å². The van der Waals surface area contributed by atoms with E-state index in [-0.39, 0.29) is 12.2 Å². The largest absolute Gasteiger partial charge is 0.493 e. The fraction of sp³-hybridized carbons (Fsp3) is 0.269. The van der Waals surface area contributed by atoms with Gasteiger partial charge in [-0.1, -0.05) is 41.2 Å². The summed E-state index contributed by atoms with van der Waals surface area (Å²) < 4.78 is 19.2. The first-order chi connectivity index (χ1) is 16.8. The van der Waals surface area contributed by atoms with Crippen molar-refractivity contribution in [2.45, 2.75) is 26.8 Å². The van der Waals surface area contributed by atoms with Gasteiger partial charge in [-0.15, -0.1) is 0 Å². The molecule has 2 aromatic carbocycles. The molecule has 7 nitrogen and oxygen atoms in total. The molecule has 1 aromatic heterocycles. The zero-order valence-electron chi connectivity index (χ0n) is 20.0. The highest BCUT2D eigenvalue weighted by Gasteiger charge is 2.33. The molecular formula is C26H25IN2O5S. The third kappa shape index (κ3) is 4.79. The number of allylic oxidation sites excluding steroid dienone is 1. The van der Waals surface area contributed by atoms with Gasteiger partial charge < -0.3 is 14.2 Å². The van der Waals surface area contributed by atoms with Crippen molar-refractivity contribution >= 4 is 46.0 Å². The van der Waals surface area contributed by atoms with Crippen molar-refractivity contribution in [3.8, 4) is 11.5 Å². The fourth-order valence-corrected chi connectivity index (χ4v) is 5.92. The molecule has 1 aliphatic rings. The molecule has 9 heteroatoms. The Labute approximate surface area is 220 Å². The van der Waals surface area contributed by atoms with Crippen molar-refractivity contribution in [3.63, 3.8) is 0 Å². The number of aryl methyl sites for hydroxylation is 1. The van der Waals surface area contributed by atoms with Crippen LogP contribution in [0.4, 0.5) is 0 Å². The molecule has 0 aliphatic carbocycles. The van der Waals surface area contributed by atoms with Crippen LogP contribution in [-0.4, -0.2) is 31.4 Å². The molecule has 0 spiro atoms. The molecule has 1 atom stereocenters. The van der Waals surface area contributed by atoms with Crippen LogP contribution >= 0.6 is 33.9 Å². The van der Waals surface area contributed by atoms with Crippen molar-refractivity contribution in [3.05, 3.63) is 87.6 Å². The number of esters is 1. The van der Waals surface area contributed by atoms with E-state index in [9.17, 15) is 9.59 Å². The lowest BCUT2D eigenvalue weighted by Crippen LogP contribution is -2.39. The number of carbonyl (C=O) groups is 1. The minimum atomic E-state index is -0.626. The van der Waals surface area contributed by atoms with E-state index in [1.807, 2.05) is 49.4 Å². The van der Waals surface area contributed by atoms with Gasteiger partial charge in [-0.2, -0.15) is 0 Å². The summed E-state index contributed by atoms with van der Waals surface area (Å²) in [6, 6.07) is 10.9. The summed E-state index contributed by atoms with van der Waals surface area (Å²) in [6.07, 6.45) is 1.81. The Balaban J connectivity index is 1.94. The summed E-state index contributed by atoms with van der Waals surface area (Å²) in [5.41, 5.74) is 3.39.